The van der Waals surface area contributed by atoms with Crippen LogP contribution in [-0.2, 0) is 13.1 Å². The maximum Gasteiger partial charge on any atom is 0.337 e. The van der Waals surface area contributed by atoms with Crippen LogP contribution in [0.3, 0.4) is 0 Å². The third kappa shape index (κ3) is 4.05. The van der Waals surface area contributed by atoms with E-state index in [1.807, 2.05) is 32.0 Å². The monoisotopic (exact) mass is 440 g/mol. The first-order valence-corrected chi connectivity index (χ1v) is 10.4. The minimum Gasteiger partial charge on any atom is -0.320 e. The van der Waals surface area contributed by atoms with E-state index in [1.165, 1.54) is 33.7 Å². The van der Waals surface area contributed by atoms with Crippen LogP contribution in [0.15, 0.2) is 64.4 Å². The standard InChI is InChI=1S/C23H22ClFN4O2/c1-15(2)10-11-28-22(30)20-21(29(23(28)31)18-8-5-7-17(25)12-18)26-14-27(20)13-16-6-3-4-9-19(16)24/h3-9,12,14-15H,10-11,13H2,1-2H3. The first kappa shape index (κ1) is 21.1. The molecule has 0 atom stereocenters. The van der Waals surface area contributed by atoms with Crippen molar-refractivity contribution in [3.05, 3.63) is 92.1 Å². The van der Waals surface area contributed by atoms with Gasteiger partial charge in [0.05, 0.1) is 18.6 Å². The van der Waals surface area contributed by atoms with Crippen LogP contribution in [0.2, 0.25) is 5.02 Å². The summed E-state index contributed by atoms with van der Waals surface area (Å²) in [5.74, 6) is -0.175. The molecule has 0 unspecified atom stereocenters. The fourth-order valence-corrected chi connectivity index (χ4v) is 3.74. The highest BCUT2D eigenvalue weighted by Crippen LogP contribution is 2.19. The number of hydrogen-bond donors (Lipinski definition) is 0. The fourth-order valence-electron chi connectivity index (χ4n) is 3.54. The summed E-state index contributed by atoms with van der Waals surface area (Å²) < 4.78 is 18.1. The Morgan fingerprint density at radius 1 is 1.10 bits per heavy atom. The summed E-state index contributed by atoms with van der Waals surface area (Å²) in [6.45, 7) is 4.63. The fraction of sp³-hybridized carbons (Fsp3) is 0.261. The Hall–Kier alpha value is -3.19. The van der Waals surface area contributed by atoms with Crippen LogP contribution in [0.4, 0.5) is 4.39 Å². The normalized spacial score (nSPS) is 11.5. The van der Waals surface area contributed by atoms with Gasteiger partial charge >= 0.3 is 5.69 Å². The molecule has 8 heteroatoms. The first-order chi connectivity index (χ1) is 14.9. The van der Waals surface area contributed by atoms with Crippen LogP contribution >= 0.6 is 11.6 Å². The summed E-state index contributed by atoms with van der Waals surface area (Å²) in [4.78, 5) is 31.0. The molecular formula is C23H22ClFN4O2. The lowest BCUT2D eigenvalue weighted by Crippen LogP contribution is -2.40. The molecule has 0 saturated heterocycles. The number of benzene rings is 2. The van der Waals surface area contributed by atoms with Crippen LogP contribution in [0, 0.1) is 11.7 Å². The van der Waals surface area contributed by atoms with E-state index in [0.29, 0.717) is 29.6 Å². The molecule has 0 amide bonds. The molecule has 0 aliphatic rings. The number of imidazole rings is 1. The highest BCUT2D eigenvalue weighted by molar-refractivity contribution is 6.31. The maximum atomic E-state index is 13.9. The summed E-state index contributed by atoms with van der Waals surface area (Å²) in [5, 5.41) is 0.572. The van der Waals surface area contributed by atoms with Gasteiger partial charge in [0, 0.05) is 11.6 Å². The molecule has 0 aliphatic heterocycles. The molecule has 0 radical (unpaired) electrons. The smallest absolute Gasteiger partial charge is 0.320 e. The lowest BCUT2D eigenvalue weighted by Gasteiger charge is -2.14. The largest absolute Gasteiger partial charge is 0.337 e. The molecule has 0 spiro atoms. The minimum absolute atomic E-state index is 0.188. The quantitative estimate of drug-likeness (QED) is 0.450. The second-order valence-electron chi connectivity index (χ2n) is 7.87. The van der Waals surface area contributed by atoms with E-state index in [4.69, 9.17) is 11.6 Å². The molecule has 0 saturated carbocycles. The van der Waals surface area contributed by atoms with Crippen molar-refractivity contribution in [2.75, 3.05) is 0 Å². The van der Waals surface area contributed by atoms with E-state index in [2.05, 4.69) is 4.98 Å². The van der Waals surface area contributed by atoms with Gasteiger partial charge in [-0.05, 0) is 42.2 Å². The van der Waals surface area contributed by atoms with E-state index < -0.39 is 17.1 Å². The Balaban J connectivity index is 1.98. The van der Waals surface area contributed by atoms with Crippen molar-refractivity contribution < 1.29 is 4.39 Å². The number of halogens is 2. The van der Waals surface area contributed by atoms with Gasteiger partial charge in [0.1, 0.15) is 5.82 Å². The number of rotatable bonds is 6. The van der Waals surface area contributed by atoms with E-state index >= 15 is 0 Å². The molecule has 31 heavy (non-hydrogen) atoms. The number of aromatic nitrogens is 4. The second-order valence-corrected chi connectivity index (χ2v) is 8.28. The Bertz CT molecular complexity index is 1370. The SMILES string of the molecule is CC(C)CCn1c(=O)c2c(ncn2Cc2ccccc2Cl)n(-c2cccc(F)c2)c1=O. The maximum absolute atomic E-state index is 13.9. The Labute approximate surface area is 183 Å². The summed E-state index contributed by atoms with van der Waals surface area (Å²) >= 11 is 6.30. The van der Waals surface area contributed by atoms with Gasteiger partial charge in [0.2, 0.25) is 0 Å². The molecule has 4 rings (SSSR count). The predicted molar refractivity (Wildman–Crippen MR) is 120 cm³/mol. The summed E-state index contributed by atoms with van der Waals surface area (Å²) in [6, 6.07) is 13.0. The molecule has 160 valence electrons. The second kappa shape index (κ2) is 8.51. The zero-order valence-electron chi connectivity index (χ0n) is 17.3. The van der Waals surface area contributed by atoms with Gasteiger partial charge in [-0.2, -0.15) is 0 Å². The van der Waals surface area contributed by atoms with Crippen molar-refractivity contribution in [3.63, 3.8) is 0 Å². The van der Waals surface area contributed by atoms with Crippen molar-refractivity contribution in [1.82, 2.24) is 18.7 Å². The number of hydrogen-bond acceptors (Lipinski definition) is 3. The molecule has 2 heterocycles. The summed E-state index contributed by atoms with van der Waals surface area (Å²) in [5.41, 5.74) is 0.641. The van der Waals surface area contributed by atoms with E-state index in [9.17, 15) is 14.0 Å². The van der Waals surface area contributed by atoms with E-state index in [1.54, 1.807) is 16.7 Å². The molecule has 0 N–H and O–H groups in total. The average Bonchev–Trinajstić information content (AvgIpc) is 3.13. The van der Waals surface area contributed by atoms with E-state index in [0.717, 1.165) is 5.56 Å². The molecular weight excluding hydrogens is 419 g/mol. The van der Waals surface area contributed by atoms with E-state index in [-0.39, 0.29) is 17.7 Å². The molecule has 2 aromatic heterocycles. The van der Waals surface area contributed by atoms with Gasteiger partial charge in [-0.3, -0.25) is 9.36 Å². The van der Waals surface area contributed by atoms with Crippen molar-refractivity contribution in [3.8, 4) is 5.69 Å². The molecule has 6 nitrogen and oxygen atoms in total. The van der Waals surface area contributed by atoms with Gasteiger partial charge in [-0.1, -0.05) is 49.7 Å². The first-order valence-electron chi connectivity index (χ1n) is 10.1. The van der Waals surface area contributed by atoms with Gasteiger partial charge < -0.3 is 4.57 Å². The Morgan fingerprint density at radius 2 is 1.87 bits per heavy atom. The van der Waals surface area contributed by atoms with Crippen LogP contribution < -0.4 is 11.2 Å². The molecule has 0 aliphatic carbocycles. The predicted octanol–water partition coefficient (Wildman–Crippen LogP) is 4.24. The highest BCUT2D eigenvalue weighted by Gasteiger charge is 2.20. The van der Waals surface area contributed by atoms with Gasteiger partial charge in [-0.25, -0.2) is 18.7 Å². The minimum atomic E-state index is -0.535. The van der Waals surface area contributed by atoms with Gasteiger partial charge in [0.15, 0.2) is 11.2 Å². The Morgan fingerprint density at radius 3 is 2.58 bits per heavy atom. The van der Waals surface area contributed by atoms with Gasteiger partial charge in [-0.15, -0.1) is 0 Å². The highest BCUT2D eigenvalue weighted by atomic mass is 35.5. The zero-order chi connectivity index (χ0) is 22.1. The molecule has 0 fully saturated rings. The number of nitrogens with zero attached hydrogens (tertiary/aromatic N) is 4. The van der Waals surface area contributed by atoms with Crippen molar-refractivity contribution in [2.45, 2.75) is 33.4 Å². The molecule has 4 aromatic rings. The summed E-state index contributed by atoms with van der Waals surface area (Å²) in [7, 11) is 0. The van der Waals surface area contributed by atoms with Crippen molar-refractivity contribution in [2.24, 2.45) is 5.92 Å². The van der Waals surface area contributed by atoms with Crippen molar-refractivity contribution >= 4 is 22.8 Å². The lowest BCUT2D eigenvalue weighted by molar-refractivity contribution is 0.491. The molecule has 2 aromatic carbocycles. The topological polar surface area (TPSA) is 61.8 Å². The van der Waals surface area contributed by atoms with Crippen LogP contribution in [0.25, 0.3) is 16.9 Å². The van der Waals surface area contributed by atoms with Crippen LogP contribution in [0.5, 0.6) is 0 Å². The van der Waals surface area contributed by atoms with Crippen LogP contribution in [0.1, 0.15) is 25.8 Å². The molecule has 0 bridgehead atoms. The average molecular weight is 441 g/mol. The zero-order valence-corrected chi connectivity index (χ0v) is 18.0. The lowest BCUT2D eigenvalue weighted by atomic mass is 10.1. The van der Waals surface area contributed by atoms with Crippen LogP contribution in [-0.4, -0.2) is 18.7 Å². The third-order valence-electron chi connectivity index (χ3n) is 5.20. The number of fused-ring (bicyclic) bond motifs is 1. The Kier molecular flexibility index (Phi) is 5.78. The van der Waals surface area contributed by atoms with Gasteiger partial charge in [0.25, 0.3) is 5.56 Å². The van der Waals surface area contributed by atoms with Crippen molar-refractivity contribution in [1.29, 1.82) is 0 Å². The third-order valence-corrected chi connectivity index (χ3v) is 5.56. The summed E-state index contributed by atoms with van der Waals surface area (Å²) in [6.07, 6.45) is 2.17.